The number of aliphatic hydroxyl groups excluding tert-OH is 1. The first-order valence-electron chi connectivity index (χ1n) is 7.85. The second-order valence-electron chi connectivity index (χ2n) is 5.87. The molecule has 2 amide bonds. The molecular formula is C14H15N7O4S2. The van der Waals surface area contributed by atoms with Crippen molar-refractivity contribution in [3.63, 3.8) is 0 Å². The number of carbonyl (C=O) groups is 2. The summed E-state index contributed by atoms with van der Waals surface area (Å²) in [6, 6.07) is 1.04. The summed E-state index contributed by atoms with van der Waals surface area (Å²) in [5.74, 6) is 0.731. The van der Waals surface area contributed by atoms with Gasteiger partial charge in [-0.2, -0.15) is 9.50 Å². The van der Waals surface area contributed by atoms with Gasteiger partial charge in [0.25, 0.3) is 11.7 Å². The normalized spacial score (nSPS) is 21.7. The molecule has 2 aromatic heterocycles. The van der Waals surface area contributed by atoms with E-state index in [0.29, 0.717) is 10.8 Å². The van der Waals surface area contributed by atoms with Crippen molar-refractivity contribution >= 4 is 41.1 Å². The van der Waals surface area contributed by atoms with Gasteiger partial charge in [-0.05, 0) is 5.57 Å². The molecule has 0 saturated carbocycles. The molecule has 142 valence electrons. The quantitative estimate of drug-likeness (QED) is 0.158. The number of carbonyl (C=O) groups excluding carboxylic acids is 2. The van der Waals surface area contributed by atoms with E-state index >= 15 is 0 Å². The molecule has 4 heterocycles. The van der Waals surface area contributed by atoms with Crippen LogP contribution in [0, 0.1) is 0 Å². The summed E-state index contributed by atoms with van der Waals surface area (Å²) in [7, 11) is 0. The summed E-state index contributed by atoms with van der Waals surface area (Å²) < 4.78 is 1.43. The number of nitrogens with zero attached hydrogens (tertiary/aromatic N) is 5. The zero-order valence-corrected chi connectivity index (χ0v) is 15.4. The number of rotatable bonds is 5. The van der Waals surface area contributed by atoms with Gasteiger partial charge in [0.1, 0.15) is 28.7 Å². The fourth-order valence-electron chi connectivity index (χ4n) is 2.73. The van der Waals surface area contributed by atoms with Crippen molar-refractivity contribution < 1.29 is 19.9 Å². The van der Waals surface area contributed by atoms with Gasteiger partial charge in [-0.15, -0.1) is 28.6 Å². The fraction of sp³-hybridized carbons (Fsp3) is 0.357. The Labute approximate surface area is 161 Å². The van der Waals surface area contributed by atoms with Crippen molar-refractivity contribution in [2.45, 2.75) is 23.0 Å². The van der Waals surface area contributed by atoms with E-state index in [0.717, 1.165) is 11.3 Å². The lowest BCUT2D eigenvalue weighted by molar-refractivity contribution is -0.140. The maximum absolute atomic E-state index is 11.8. The highest BCUT2D eigenvalue weighted by Crippen LogP contribution is 2.36. The molecule has 27 heavy (non-hydrogen) atoms. The Kier molecular flexibility index (Phi) is 4.77. The highest BCUT2D eigenvalue weighted by atomic mass is 32.2. The minimum Gasteiger partial charge on any atom is -0.388 e. The van der Waals surface area contributed by atoms with Gasteiger partial charge in [-0.1, -0.05) is 0 Å². The molecule has 1 fully saturated rings. The number of hydrogen-bond acceptors (Lipinski definition) is 10. The van der Waals surface area contributed by atoms with E-state index < -0.39 is 11.9 Å². The monoisotopic (exact) mass is 409 g/mol. The smallest absolute Gasteiger partial charge is 0.293 e. The van der Waals surface area contributed by atoms with Crippen LogP contribution in [-0.4, -0.2) is 69.5 Å². The fourth-order valence-corrected chi connectivity index (χ4v) is 5.02. The van der Waals surface area contributed by atoms with Crippen LogP contribution in [0.15, 0.2) is 22.9 Å². The maximum atomic E-state index is 11.8. The highest BCUT2D eigenvalue weighted by Gasteiger charge is 2.46. The van der Waals surface area contributed by atoms with Gasteiger partial charge in [0, 0.05) is 23.8 Å². The average molecular weight is 409 g/mol. The summed E-state index contributed by atoms with van der Waals surface area (Å²) in [6.45, 7) is -0.366. The molecule has 0 aliphatic carbocycles. The van der Waals surface area contributed by atoms with Crippen LogP contribution in [0.2, 0.25) is 0 Å². The number of aliphatic hydroxyl groups is 1. The number of hydrogen-bond donors (Lipinski definition) is 4. The molecule has 0 bridgehead atoms. The molecule has 11 nitrogen and oxygen atoms in total. The van der Waals surface area contributed by atoms with Gasteiger partial charge in [0.2, 0.25) is 5.91 Å². The predicted octanol–water partition coefficient (Wildman–Crippen LogP) is -1.05. The highest BCUT2D eigenvalue weighted by molar-refractivity contribution is 8.01. The molecule has 2 aromatic rings. The number of amides is 2. The number of hydroxylamine groups is 1. The lowest BCUT2D eigenvalue weighted by atomic mass is 10.1. The molecular weight excluding hydrogens is 394 g/mol. The Morgan fingerprint density at radius 2 is 2.30 bits per heavy atom. The number of β-lactam (4-membered cyclic amide) rings is 1. The molecule has 13 heteroatoms. The van der Waals surface area contributed by atoms with Crippen molar-refractivity contribution in [2.24, 2.45) is 5.73 Å². The number of fused-ring (bicyclic) bond motifs is 2. The van der Waals surface area contributed by atoms with Gasteiger partial charge in [0.15, 0.2) is 5.82 Å². The third-order valence-corrected chi connectivity index (χ3v) is 6.59. The Balaban J connectivity index is 1.59. The number of thioether (sulfide) groups is 2. The SMILES string of the molecule is N[C@@H]1C(=O)N2C=C(CSc3cc(C(=O)NO)nc4nc(CO)nn34)CS[C@H]12. The molecule has 0 radical (unpaired) electrons. The zero-order chi connectivity index (χ0) is 19.1. The Morgan fingerprint density at radius 1 is 1.48 bits per heavy atom. The van der Waals surface area contributed by atoms with E-state index in [2.05, 4.69) is 15.1 Å². The predicted molar refractivity (Wildman–Crippen MR) is 95.8 cm³/mol. The first kappa shape index (κ1) is 18.2. The van der Waals surface area contributed by atoms with Crippen molar-refractivity contribution in [3.05, 3.63) is 29.4 Å². The van der Waals surface area contributed by atoms with Crippen molar-refractivity contribution in [1.82, 2.24) is 30.0 Å². The molecule has 0 aromatic carbocycles. The van der Waals surface area contributed by atoms with Crippen LogP contribution in [0.4, 0.5) is 0 Å². The second-order valence-corrected chi connectivity index (χ2v) is 7.97. The Bertz CT molecular complexity index is 962. The first-order chi connectivity index (χ1) is 13.0. The Morgan fingerprint density at radius 3 is 3.04 bits per heavy atom. The second kappa shape index (κ2) is 7.09. The van der Waals surface area contributed by atoms with Crippen LogP contribution in [-0.2, 0) is 11.4 Å². The zero-order valence-electron chi connectivity index (χ0n) is 13.8. The molecule has 0 unspecified atom stereocenters. The van der Waals surface area contributed by atoms with Crippen molar-refractivity contribution in [2.75, 3.05) is 11.5 Å². The third-order valence-electron chi connectivity index (χ3n) is 4.09. The topological polar surface area (TPSA) is 159 Å². The summed E-state index contributed by atoms with van der Waals surface area (Å²) in [6.07, 6.45) is 1.82. The average Bonchev–Trinajstić information content (AvgIpc) is 3.13. The standard InChI is InChI=1S/C14H15N7O4S2/c15-10-12(24)20-2-6(5-27-13(10)20)4-26-9-1-7(11(23)19-25)16-14-17-8(3-22)18-21(9)14/h1-2,10,13,22,25H,3-5,15H2,(H,19,23)/t10-,13-/m1/s1. The van der Waals surface area contributed by atoms with Crippen LogP contribution in [0.25, 0.3) is 5.78 Å². The van der Waals surface area contributed by atoms with Gasteiger partial charge in [0.05, 0.1) is 0 Å². The van der Waals surface area contributed by atoms with E-state index in [1.165, 1.54) is 27.8 Å². The Hall–Kier alpha value is -2.19. The van der Waals surface area contributed by atoms with Gasteiger partial charge in [-0.3, -0.25) is 14.8 Å². The molecule has 2 aliphatic rings. The van der Waals surface area contributed by atoms with E-state index in [-0.39, 0.29) is 35.2 Å². The van der Waals surface area contributed by atoms with Crippen LogP contribution < -0.4 is 11.2 Å². The summed E-state index contributed by atoms with van der Waals surface area (Å²) in [5, 5.41) is 22.8. The number of nitrogens with one attached hydrogen (secondary N) is 1. The number of nitrogens with two attached hydrogens (primary N) is 1. The largest absolute Gasteiger partial charge is 0.388 e. The molecule has 2 aliphatic heterocycles. The summed E-state index contributed by atoms with van der Waals surface area (Å²) in [5.41, 5.74) is 8.31. The minimum absolute atomic E-state index is 0.00108. The lowest BCUT2D eigenvalue weighted by Gasteiger charge is -2.45. The van der Waals surface area contributed by atoms with Crippen LogP contribution in [0.3, 0.4) is 0 Å². The lowest BCUT2D eigenvalue weighted by Crippen LogP contribution is -2.66. The van der Waals surface area contributed by atoms with E-state index in [4.69, 9.17) is 10.9 Å². The molecule has 4 rings (SSSR count). The van der Waals surface area contributed by atoms with E-state index in [1.54, 1.807) is 16.7 Å². The molecule has 1 saturated heterocycles. The van der Waals surface area contributed by atoms with E-state index in [9.17, 15) is 14.7 Å². The molecule has 2 atom stereocenters. The van der Waals surface area contributed by atoms with Gasteiger partial charge in [-0.25, -0.2) is 10.5 Å². The molecule has 0 spiro atoms. The third kappa shape index (κ3) is 3.17. The van der Waals surface area contributed by atoms with Crippen molar-refractivity contribution in [3.8, 4) is 0 Å². The first-order valence-corrected chi connectivity index (χ1v) is 9.89. The minimum atomic E-state index is -0.775. The van der Waals surface area contributed by atoms with Gasteiger partial charge < -0.3 is 15.7 Å². The van der Waals surface area contributed by atoms with Crippen LogP contribution in [0.1, 0.15) is 16.3 Å². The van der Waals surface area contributed by atoms with E-state index in [1.807, 2.05) is 6.20 Å². The maximum Gasteiger partial charge on any atom is 0.293 e. The van der Waals surface area contributed by atoms with Crippen LogP contribution >= 0.6 is 23.5 Å². The van der Waals surface area contributed by atoms with Crippen LogP contribution in [0.5, 0.6) is 0 Å². The van der Waals surface area contributed by atoms with Crippen molar-refractivity contribution in [1.29, 1.82) is 0 Å². The summed E-state index contributed by atoms with van der Waals surface area (Å²) in [4.78, 5) is 33.2. The molecule has 5 N–H and O–H groups in total. The van der Waals surface area contributed by atoms with Gasteiger partial charge >= 0.3 is 0 Å². The number of aromatic nitrogens is 4. The summed E-state index contributed by atoms with van der Waals surface area (Å²) >= 11 is 2.99.